The van der Waals surface area contributed by atoms with Crippen LogP contribution < -0.4 is 0 Å². The molecule has 0 bridgehead atoms. The van der Waals surface area contributed by atoms with E-state index in [4.69, 9.17) is 9.84 Å². The second kappa shape index (κ2) is 6.62. The summed E-state index contributed by atoms with van der Waals surface area (Å²) in [5.74, 6) is -0.213. The number of carbonyl (C=O) groups excluding carboxylic acids is 1. The van der Waals surface area contributed by atoms with E-state index in [1.54, 1.807) is 0 Å². The van der Waals surface area contributed by atoms with Gasteiger partial charge in [-0.2, -0.15) is 0 Å². The highest BCUT2D eigenvalue weighted by atomic mass is 16.5. The van der Waals surface area contributed by atoms with Gasteiger partial charge in [0.15, 0.2) is 0 Å². The fourth-order valence-electron chi connectivity index (χ4n) is 1.73. The molecule has 1 aliphatic heterocycles. The quantitative estimate of drug-likeness (QED) is 0.542. The zero-order valence-electron chi connectivity index (χ0n) is 9.32. The van der Waals surface area contributed by atoms with Gasteiger partial charge in [-0.15, -0.1) is 0 Å². The molecule has 0 aromatic carbocycles. The number of rotatable bonds is 6. The van der Waals surface area contributed by atoms with E-state index in [9.17, 15) is 4.79 Å². The van der Waals surface area contributed by atoms with Crippen molar-refractivity contribution < 1.29 is 14.6 Å². The highest BCUT2D eigenvalue weighted by Crippen LogP contribution is 2.15. The molecule has 86 valence electrons. The minimum absolute atomic E-state index is 0.0778. The fraction of sp³-hybridized carbons (Fsp3) is 0.750. The Labute approximate surface area is 91.1 Å². The van der Waals surface area contributed by atoms with Crippen LogP contribution in [0.15, 0.2) is 12.2 Å². The number of hydrogen-bond acceptors (Lipinski definition) is 3. The topological polar surface area (TPSA) is 46.5 Å². The molecule has 15 heavy (non-hydrogen) atoms. The van der Waals surface area contributed by atoms with Gasteiger partial charge in [-0.05, 0) is 26.2 Å². The molecule has 0 amide bonds. The maximum Gasteiger partial charge on any atom is 0.330 e. The second-order valence-electron chi connectivity index (χ2n) is 4.18. The minimum atomic E-state index is -0.213. The fourth-order valence-corrected chi connectivity index (χ4v) is 1.73. The lowest BCUT2D eigenvalue weighted by molar-refractivity contribution is -0.144. The number of unbranched alkanes of at least 4 members (excludes halogenated alkanes) is 2. The number of aliphatic hydroxyl groups is 1. The van der Waals surface area contributed by atoms with Gasteiger partial charge in [0.1, 0.15) is 6.10 Å². The highest BCUT2D eigenvalue weighted by molar-refractivity contribution is 5.82. The van der Waals surface area contributed by atoms with Crippen molar-refractivity contribution in [2.24, 2.45) is 0 Å². The van der Waals surface area contributed by atoms with E-state index < -0.39 is 0 Å². The molecule has 0 radical (unpaired) electrons. The van der Waals surface area contributed by atoms with Crippen LogP contribution in [-0.2, 0) is 9.53 Å². The van der Waals surface area contributed by atoms with Crippen molar-refractivity contribution >= 4 is 5.97 Å². The van der Waals surface area contributed by atoms with Gasteiger partial charge < -0.3 is 9.84 Å². The molecule has 3 nitrogen and oxygen atoms in total. The molecule has 3 heteroatoms. The average Bonchev–Trinajstić information content (AvgIpc) is 2.17. The van der Waals surface area contributed by atoms with Crippen molar-refractivity contribution in [1.82, 2.24) is 0 Å². The summed E-state index contributed by atoms with van der Waals surface area (Å²) in [7, 11) is 0. The minimum Gasteiger partial charge on any atom is -0.459 e. The second-order valence-corrected chi connectivity index (χ2v) is 4.18. The number of cyclic esters (lactones) is 1. The van der Waals surface area contributed by atoms with Gasteiger partial charge in [0, 0.05) is 12.5 Å². The summed E-state index contributed by atoms with van der Waals surface area (Å²) in [5, 5.41) is 9.06. The Bertz CT molecular complexity index is 221. The maximum atomic E-state index is 10.9. The molecule has 0 aliphatic carbocycles. The van der Waals surface area contributed by atoms with Crippen LogP contribution in [0.25, 0.3) is 0 Å². The van der Waals surface area contributed by atoms with E-state index in [0.717, 1.165) is 38.5 Å². The van der Waals surface area contributed by atoms with Crippen molar-refractivity contribution in [3.05, 3.63) is 12.2 Å². The first-order valence-corrected chi connectivity index (χ1v) is 5.73. The summed E-state index contributed by atoms with van der Waals surface area (Å²) in [6.45, 7) is 1.81. The van der Waals surface area contributed by atoms with Crippen LogP contribution >= 0.6 is 0 Å². The molecule has 1 N–H and O–H groups in total. The lowest BCUT2D eigenvalue weighted by Crippen LogP contribution is -2.19. The Kier molecular flexibility index (Phi) is 5.40. The summed E-state index contributed by atoms with van der Waals surface area (Å²) in [5.41, 5.74) is 0. The molecular weight excluding hydrogens is 192 g/mol. The summed E-state index contributed by atoms with van der Waals surface area (Å²) in [4.78, 5) is 10.9. The number of ether oxygens (including phenoxy) is 1. The third kappa shape index (κ3) is 5.57. The third-order valence-corrected chi connectivity index (χ3v) is 2.58. The van der Waals surface area contributed by atoms with Crippen LogP contribution in [0.1, 0.15) is 45.4 Å². The summed E-state index contributed by atoms with van der Waals surface area (Å²) in [6.07, 6.45) is 9.13. The van der Waals surface area contributed by atoms with E-state index in [1.807, 2.05) is 13.0 Å². The third-order valence-electron chi connectivity index (χ3n) is 2.58. The standard InChI is InChI=1S/C12H20O3/c1-10(13)6-3-2-4-7-11-8-5-9-12(14)15-11/h5,9-11,13H,2-4,6-8H2,1H3. The van der Waals surface area contributed by atoms with Gasteiger partial charge >= 0.3 is 5.97 Å². The van der Waals surface area contributed by atoms with E-state index in [0.29, 0.717) is 0 Å². The summed E-state index contributed by atoms with van der Waals surface area (Å²) >= 11 is 0. The van der Waals surface area contributed by atoms with Crippen LogP contribution in [-0.4, -0.2) is 23.3 Å². The Hall–Kier alpha value is -0.830. The predicted octanol–water partition coefficient (Wildman–Crippen LogP) is 2.19. The number of esters is 1. The van der Waals surface area contributed by atoms with Gasteiger partial charge in [0.2, 0.25) is 0 Å². The van der Waals surface area contributed by atoms with E-state index >= 15 is 0 Å². The van der Waals surface area contributed by atoms with Gasteiger partial charge in [-0.3, -0.25) is 0 Å². The Morgan fingerprint density at radius 3 is 3.00 bits per heavy atom. The van der Waals surface area contributed by atoms with Crippen molar-refractivity contribution in [1.29, 1.82) is 0 Å². The Balaban J connectivity index is 2.00. The van der Waals surface area contributed by atoms with Crippen LogP contribution in [0.2, 0.25) is 0 Å². The Morgan fingerprint density at radius 1 is 1.53 bits per heavy atom. The van der Waals surface area contributed by atoms with E-state index in [1.165, 1.54) is 6.08 Å². The van der Waals surface area contributed by atoms with E-state index in [-0.39, 0.29) is 18.2 Å². The molecule has 1 rings (SSSR count). The predicted molar refractivity (Wildman–Crippen MR) is 58.4 cm³/mol. The first-order chi connectivity index (χ1) is 7.18. The molecule has 1 heterocycles. The number of hydrogen-bond donors (Lipinski definition) is 1. The molecular formula is C12H20O3. The van der Waals surface area contributed by atoms with Crippen LogP contribution in [0.5, 0.6) is 0 Å². The number of aliphatic hydroxyl groups excluding tert-OH is 1. The molecule has 2 unspecified atom stereocenters. The number of carbonyl (C=O) groups is 1. The average molecular weight is 212 g/mol. The molecule has 0 fully saturated rings. The maximum absolute atomic E-state index is 10.9. The molecule has 2 atom stereocenters. The summed E-state index contributed by atoms with van der Waals surface area (Å²) in [6, 6.07) is 0. The van der Waals surface area contributed by atoms with Crippen LogP contribution in [0, 0.1) is 0 Å². The monoisotopic (exact) mass is 212 g/mol. The summed E-state index contributed by atoms with van der Waals surface area (Å²) < 4.78 is 5.14. The lowest BCUT2D eigenvalue weighted by Gasteiger charge is -2.18. The lowest BCUT2D eigenvalue weighted by atomic mass is 10.0. The first-order valence-electron chi connectivity index (χ1n) is 5.73. The molecule has 0 spiro atoms. The van der Waals surface area contributed by atoms with Crippen LogP contribution in [0.3, 0.4) is 0 Å². The molecule has 1 aliphatic rings. The van der Waals surface area contributed by atoms with Crippen molar-refractivity contribution in [3.8, 4) is 0 Å². The molecule has 0 saturated carbocycles. The zero-order valence-corrected chi connectivity index (χ0v) is 9.32. The Morgan fingerprint density at radius 2 is 2.33 bits per heavy atom. The van der Waals surface area contributed by atoms with Gasteiger partial charge in [-0.1, -0.05) is 18.9 Å². The largest absolute Gasteiger partial charge is 0.459 e. The SMILES string of the molecule is CC(O)CCCCCC1CC=CC(=O)O1. The molecule has 0 aromatic heterocycles. The van der Waals surface area contributed by atoms with Gasteiger partial charge in [-0.25, -0.2) is 4.79 Å². The smallest absolute Gasteiger partial charge is 0.330 e. The van der Waals surface area contributed by atoms with Crippen molar-refractivity contribution in [3.63, 3.8) is 0 Å². The first kappa shape index (κ1) is 12.2. The van der Waals surface area contributed by atoms with E-state index in [2.05, 4.69) is 0 Å². The molecule has 0 aromatic rings. The zero-order chi connectivity index (χ0) is 11.1. The van der Waals surface area contributed by atoms with Crippen molar-refractivity contribution in [2.75, 3.05) is 0 Å². The van der Waals surface area contributed by atoms with Crippen molar-refractivity contribution in [2.45, 2.75) is 57.7 Å². The highest BCUT2D eigenvalue weighted by Gasteiger charge is 2.14. The normalized spacial score (nSPS) is 22.5. The van der Waals surface area contributed by atoms with Gasteiger partial charge in [0.05, 0.1) is 6.10 Å². The van der Waals surface area contributed by atoms with Crippen LogP contribution in [0.4, 0.5) is 0 Å². The van der Waals surface area contributed by atoms with Gasteiger partial charge in [0.25, 0.3) is 0 Å². The molecule has 0 saturated heterocycles.